The van der Waals surface area contributed by atoms with Crippen molar-refractivity contribution < 1.29 is 62.6 Å². The van der Waals surface area contributed by atoms with Gasteiger partial charge in [-0.2, -0.15) is 0 Å². The average Bonchev–Trinajstić information content (AvgIpc) is 3.29. The van der Waals surface area contributed by atoms with Crippen molar-refractivity contribution in [2.75, 3.05) is 26.4 Å². The third-order valence-corrected chi connectivity index (χ3v) is 13.2. The lowest BCUT2D eigenvalue weighted by Gasteiger charge is -2.60. The summed E-state index contributed by atoms with van der Waals surface area (Å²) in [4.78, 5) is 71.0. The van der Waals surface area contributed by atoms with Crippen LogP contribution in [0.5, 0.6) is 0 Å². The Morgan fingerprint density at radius 1 is 0.846 bits per heavy atom. The summed E-state index contributed by atoms with van der Waals surface area (Å²) >= 11 is 0. The van der Waals surface area contributed by atoms with E-state index in [1.165, 1.54) is 6.92 Å². The van der Waals surface area contributed by atoms with Crippen LogP contribution in [0.3, 0.4) is 0 Å². The highest BCUT2D eigenvalue weighted by Gasteiger charge is 2.70. The molecule has 3 aromatic rings. The molecule has 8 atom stereocenters. The molecule has 14 nitrogen and oxygen atoms in total. The molecule has 2 heterocycles. The minimum absolute atomic E-state index is 0.0400. The number of ketones is 1. The van der Waals surface area contributed by atoms with E-state index in [0.717, 1.165) is 0 Å². The number of fused-ring (bicyclic) bond motifs is 5. The van der Waals surface area contributed by atoms with Crippen molar-refractivity contribution in [2.24, 2.45) is 11.3 Å². The van der Waals surface area contributed by atoms with E-state index in [1.54, 1.807) is 119 Å². The number of ether oxygens (including phenoxy) is 6. The summed E-state index contributed by atoms with van der Waals surface area (Å²) < 4.78 is 37.5. The van der Waals surface area contributed by atoms with Gasteiger partial charge in [0, 0.05) is 42.9 Å². The van der Waals surface area contributed by atoms with Crippen LogP contribution in [-0.4, -0.2) is 102 Å². The van der Waals surface area contributed by atoms with Crippen LogP contribution in [0.15, 0.2) is 126 Å². The smallest absolute Gasteiger partial charge is 0.338 e. The van der Waals surface area contributed by atoms with Crippen LogP contribution >= 0.6 is 0 Å². The molecule has 0 aromatic heterocycles. The van der Waals surface area contributed by atoms with E-state index in [4.69, 9.17) is 28.4 Å². The summed E-state index contributed by atoms with van der Waals surface area (Å²) in [7, 11) is 0. The molecule has 65 heavy (non-hydrogen) atoms. The Morgan fingerprint density at radius 3 is 2.12 bits per heavy atom. The monoisotopic (exact) mass is 891 g/mol. The SMILES string of the molecule is CC(=O)O[C@@]12CO[C@@H]1CCOC/C=C/CCCO/C1=C(\C)[C@@H]2[C@H](OC(=O)c2ccccc2)[C@]2(O)C[C@H](OC(=O)[C@H](O)[C@@H](NC(=O)c3ccccc3)c3ccccc3)C(C)=C(C1=O)C2(C)C. The summed E-state index contributed by atoms with van der Waals surface area (Å²) in [6, 6.07) is 23.6. The van der Waals surface area contributed by atoms with Crippen LogP contribution in [0, 0.1) is 11.3 Å². The molecule has 0 spiro atoms. The third-order valence-electron chi connectivity index (χ3n) is 13.2. The van der Waals surface area contributed by atoms with Crippen molar-refractivity contribution in [1.82, 2.24) is 5.32 Å². The summed E-state index contributed by atoms with van der Waals surface area (Å²) in [5.41, 5.74) is -4.06. The second kappa shape index (κ2) is 19.7. The van der Waals surface area contributed by atoms with Crippen LogP contribution in [0.2, 0.25) is 0 Å². The van der Waals surface area contributed by atoms with Gasteiger partial charge < -0.3 is 44.0 Å². The molecule has 3 N–H and O–H groups in total. The fourth-order valence-electron chi connectivity index (χ4n) is 9.77. The summed E-state index contributed by atoms with van der Waals surface area (Å²) in [5.74, 6) is -5.22. The van der Waals surface area contributed by atoms with Crippen LogP contribution in [0.1, 0.15) is 92.6 Å². The number of rotatable bonds is 9. The normalized spacial score (nSPS) is 29.2. The highest BCUT2D eigenvalue weighted by Crippen LogP contribution is 2.58. The summed E-state index contributed by atoms with van der Waals surface area (Å²) in [6.07, 6.45) is -1.14. The maximum absolute atomic E-state index is 15.4. The van der Waals surface area contributed by atoms with Gasteiger partial charge >= 0.3 is 17.9 Å². The van der Waals surface area contributed by atoms with Gasteiger partial charge in [0.2, 0.25) is 5.78 Å². The lowest BCUT2D eigenvalue weighted by atomic mass is 9.53. The van der Waals surface area contributed by atoms with Gasteiger partial charge in [0.05, 0.1) is 37.3 Å². The fraction of sp³-hybridized carbons (Fsp3) is 0.431. The van der Waals surface area contributed by atoms with E-state index in [2.05, 4.69) is 5.32 Å². The highest BCUT2D eigenvalue weighted by atomic mass is 16.6. The molecule has 1 saturated heterocycles. The Morgan fingerprint density at radius 2 is 1.49 bits per heavy atom. The number of esters is 3. The number of Topliss-reactive ketones (excluding diaryl/α,β-unsaturated/α-hetero) is 1. The molecule has 3 aromatic carbocycles. The zero-order chi connectivity index (χ0) is 46.5. The molecule has 344 valence electrons. The van der Waals surface area contributed by atoms with Crippen LogP contribution in [0.4, 0.5) is 0 Å². The standard InChI is InChI=1S/C51H57NO13/c1-31-37(63-48(58)43(55)41(34-19-11-8-12-20-34)52-46(56)35-21-13-9-14-22-35)29-51(59)45(64-47(57)36-23-15-10-16-24-36)40-32(2)44(42(54)39(31)49(51,4)5)61-27-18-7-6-17-26-60-28-25-38-50(40,30-62-38)65-33(3)53/h6,8-17,19-24,37-38,40-41,43,45,55,59H,7,18,25-30H2,1-5H3,(H,52,56)/b17-6+,44-32+/t37-,38+,40+,41-,43+,45-,50-,51+/m0/s1. The van der Waals surface area contributed by atoms with E-state index in [0.29, 0.717) is 30.6 Å². The molecule has 0 saturated carbocycles. The van der Waals surface area contributed by atoms with Gasteiger partial charge in [-0.3, -0.25) is 14.4 Å². The van der Waals surface area contributed by atoms with Crippen molar-refractivity contribution >= 4 is 29.6 Å². The average molecular weight is 892 g/mol. The lowest BCUT2D eigenvalue weighted by molar-refractivity contribution is -0.296. The molecule has 0 radical (unpaired) electrons. The molecular formula is C51H57NO13. The first-order valence-electron chi connectivity index (χ1n) is 22.0. The molecule has 1 fully saturated rings. The van der Waals surface area contributed by atoms with Crippen LogP contribution in [-0.2, 0) is 42.8 Å². The summed E-state index contributed by atoms with van der Waals surface area (Å²) in [5, 5.41) is 28.4. The number of allylic oxidation sites excluding steroid dienone is 2. The number of benzene rings is 3. The van der Waals surface area contributed by atoms with E-state index in [9.17, 15) is 29.4 Å². The molecule has 1 amide bonds. The molecule has 4 bridgehead atoms. The number of hydrogen-bond donors (Lipinski definition) is 3. The maximum Gasteiger partial charge on any atom is 0.338 e. The molecule has 2 aliphatic carbocycles. The minimum Gasteiger partial charge on any atom is -0.490 e. The van der Waals surface area contributed by atoms with Gasteiger partial charge in [-0.15, -0.1) is 0 Å². The van der Waals surface area contributed by atoms with Crippen molar-refractivity contribution in [3.63, 3.8) is 0 Å². The van der Waals surface area contributed by atoms with Gasteiger partial charge in [0.1, 0.15) is 23.9 Å². The maximum atomic E-state index is 15.4. The van der Waals surface area contributed by atoms with E-state index in [1.807, 2.05) is 12.2 Å². The molecule has 4 aliphatic rings. The van der Waals surface area contributed by atoms with Gasteiger partial charge in [0.25, 0.3) is 5.91 Å². The summed E-state index contributed by atoms with van der Waals surface area (Å²) in [6.45, 7) is 8.19. The van der Waals surface area contributed by atoms with Crippen molar-refractivity contribution in [3.8, 4) is 0 Å². The number of carbonyl (C=O) groups is 5. The number of carbonyl (C=O) groups excluding carboxylic acids is 5. The Labute approximate surface area is 378 Å². The fourth-order valence-corrected chi connectivity index (χ4v) is 9.77. The molecular weight excluding hydrogens is 835 g/mol. The second-order valence-corrected chi connectivity index (χ2v) is 17.6. The second-order valence-electron chi connectivity index (χ2n) is 17.6. The molecule has 14 heteroatoms. The largest absolute Gasteiger partial charge is 0.490 e. The highest BCUT2D eigenvalue weighted by molar-refractivity contribution is 6.09. The topological polar surface area (TPSA) is 193 Å². The van der Waals surface area contributed by atoms with Crippen molar-refractivity contribution in [3.05, 3.63) is 142 Å². The van der Waals surface area contributed by atoms with E-state index in [-0.39, 0.29) is 54.3 Å². The van der Waals surface area contributed by atoms with Crippen molar-refractivity contribution in [1.29, 1.82) is 0 Å². The number of aliphatic hydroxyl groups excluding tert-OH is 1. The molecule has 7 rings (SSSR count). The van der Waals surface area contributed by atoms with E-state index >= 15 is 4.79 Å². The van der Waals surface area contributed by atoms with Crippen LogP contribution in [0.25, 0.3) is 0 Å². The first kappa shape index (κ1) is 47.0. The Hall–Kier alpha value is -5.93. The lowest BCUT2D eigenvalue weighted by Crippen LogP contribution is -2.73. The first-order chi connectivity index (χ1) is 31.1. The Bertz CT molecular complexity index is 2340. The molecule has 0 unspecified atom stereocenters. The first-order valence-corrected chi connectivity index (χ1v) is 22.0. The predicted octanol–water partition coefficient (Wildman–Crippen LogP) is 6.08. The van der Waals surface area contributed by atoms with Gasteiger partial charge in [0.15, 0.2) is 17.5 Å². The Kier molecular flexibility index (Phi) is 14.2. The Balaban J connectivity index is 1.38. The number of hydrogen-bond acceptors (Lipinski definition) is 13. The predicted molar refractivity (Wildman–Crippen MR) is 236 cm³/mol. The van der Waals surface area contributed by atoms with Crippen molar-refractivity contribution in [2.45, 2.75) is 102 Å². The minimum atomic E-state index is -2.27. The molecule has 2 aliphatic heterocycles. The zero-order valence-electron chi connectivity index (χ0n) is 37.3. The number of amides is 1. The zero-order valence-corrected chi connectivity index (χ0v) is 37.3. The van der Waals surface area contributed by atoms with Crippen LogP contribution < -0.4 is 5.32 Å². The van der Waals surface area contributed by atoms with E-state index < -0.39 is 89.0 Å². The van der Waals surface area contributed by atoms with Gasteiger partial charge in [-0.1, -0.05) is 92.7 Å². The number of aliphatic hydroxyl groups is 2. The van der Waals surface area contributed by atoms with Gasteiger partial charge in [-0.05, 0) is 67.7 Å². The quantitative estimate of drug-likeness (QED) is 0.127. The number of nitrogens with one attached hydrogen (secondary N) is 1. The third kappa shape index (κ3) is 9.31. The van der Waals surface area contributed by atoms with Gasteiger partial charge in [-0.25, -0.2) is 9.59 Å².